The fourth-order valence-electron chi connectivity index (χ4n) is 2.78. The van der Waals surface area contributed by atoms with Crippen LogP contribution in [0.1, 0.15) is 12.8 Å². The van der Waals surface area contributed by atoms with E-state index in [4.69, 9.17) is 16.3 Å². The summed E-state index contributed by atoms with van der Waals surface area (Å²) >= 11 is 7.33. The summed E-state index contributed by atoms with van der Waals surface area (Å²) in [5, 5.41) is 0.617. The zero-order chi connectivity index (χ0) is 22.9. The van der Waals surface area contributed by atoms with E-state index in [1.165, 1.54) is 34.9 Å². The lowest BCUT2D eigenvalue weighted by Gasteiger charge is -2.24. The molecule has 0 aliphatic heterocycles. The van der Waals surface area contributed by atoms with Crippen molar-refractivity contribution in [3.05, 3.63) is 59.4 Å². The average molecular weight is 489 g/mol. The number of nitrogens with one attached hydrogen (secondary N) is 1. The fourth-order valence-corrected chi connectivity index (χ4v) is 4.68. The number of thioether (sulfide) groups is 1. The third-order valence-electron chi connectivity index (χ3n) is 4.43. The largest absolute Gasteiger partial charge is 0.494 e. The van der Waals surface area contributed by atoms with Crippen LogP contribution in [0.15, 0.2) is 53.4 Å². The van der Waals surface area contributed by atoms with Gasteiger partial charge in [0.25, 0.3) is 0 Å². The molecule has 1 amide bonds. The van der Waals surface area contributed by atoms with E-state index in [0.717, 1.165) is 6.07 Å². The van der Waals surface area contributed by atoms with Gasteiger partial charge in [0.15, 0.2) is 0 Å². The van der Waals surface area contributed by atoms with Gasteiger partial charge in [-0.3, -0.25) is 4.79 Å². The molecule has 0 spiro atoms. The van der Waals surface area contributed by atoms with E-state index in [-0.39, 0.29) is 5.91 Å². The number of ether oxygens (including phenoxy) is 1. The van der Waals surface area contributed by atoms with Crippen LogP contribution in [0.3, 0.4) is 0 Å². The highest BCUT2D eigenvalue weighted by atomic mass is 35.5. The number of benzene rings is 2. The standard InChI is InChI=1S/C21H26ClFN2O4S2/c1-25(13-5-14-29-17-10-8-16(22)9-11-17)21(26)19(12-15-30-2)24-31(27,28)20-7-4-3-6-18(20)23/h3-4,6-11,19,24H,5,12-15H2,1-2H3. The summed E-state index contributed by atoms with van der Waals surface area (Å²) in [7, 11) is -2.58. The van der Waals surface area contributed by atoms with Gasteiger partial charge in [-0.25, -0.2) is 12.8 Å². The molecule has 2 aromatic rings. The third-order valence-corrected chi connectivity index (χ3v) is 6.83. The van der Waals surface area contributed by atoms with E-state index in [0.29, 0.717) is 42.5 Å². The normalized spacial score (nSPS) is 12.4. The molecule has 0 aromatic heterocycles. The zero-order valence-corrected chi connectivity index (χ0v) is 19.8. The first-order valence-corrected chi connectivity index (χ1v) is 12.9. The van der Waals surface area contributed by atoms with Gasteiger partial charge in [-0.2, -0.15) is 16.5 Å². The van der Waals surface area contributed by atoms with Gasteiger partial charge < -0.3 is 9.64 Å². The Morgan fingerprint density at radius 3 is 2.55 bits per heavy atom. The molecule has 0 radical (unpaired) electrons. The molecule has 31 heavy (non-hydrogen) atoms. The van der Waals surface area contributed by atoms with E-state index in [1.807, 2.05) is 6.26 Å². The summed E-state index contributed by atoms with van der Waals surface area (Å²) in [6, 6.07) is 11.1. The summed E-state index contributed by atoms with van der Waals surface area (Å²) in [6.07, 6.45) is 2.71. The summed E-state index contributed by atoms with van der Waals surface area (Å²) in [4.78, 5) is 13.9. The number of hydrogen-bond donors (Lipinski definition) is 1. The molecule has 170 valence electrons. The van der Waals surface area contributed by atoms with Crippen molar-refractivity contribution < 1.29 is 22.3 Å². The Bertz CT molecular complexity index is 958. The van der Waals surface area contributed by atoms with Crippen molar-refractivity contribution >= 4 is 39.3 Å². The second-order valence-electron chi connectivity index (χ2n) is 6.80. The molecule has 2 aromatic carbocycles. The van der Waals surface area contributed by atoms with Gasteiger partial charge in [0.2, 0.25) is 15.9 Å². The molecule has 0 fully saturated rings. The van der Waals surface area contributed by atoms with Crippen LogP contribution in [0.4, 0.5) is 4.39 Å². The molecular weight excluding hydrogens is 463 g/mol. The maximum Gasteiger partial charge on any atom is 0.244 e. The Kier molecular flexibility index (Phi) is 10.1. The number of amides is 1. The Hall–Kier alpha value is -1.81. The molecule has 2 rings (SSSR count). The van der Waals surface area contributed by atoms with Crippen molar-refractivity contribution in [3.8, 4) is 5.75 Å². The minimum absolute atomic E-state index is 0.291. The van der Waals surface area contributed by atoms with E-state index in [2.05, 4.69) is 4.72 Å². The Labute approximate surface area is 192 Å². The van der Waals surface area contributed by atoms with Gasteiger partial charge >= 0.3 is 0 Å². The van der Waals surface area contributed by atoms with E-state index < -0.39 is 26.8 Å². The van der Waals surface area contributed by atoms with Crippen LogP contribution in [0.25, 0.3) is 0 Å². The predicted molar refractivity (Wildman–Crippen MR) is 123 cm³/mol. The van der Waals surface area contributed by atoms with Gasteiger partial charge in [0.05, 0.1) is 6.61 Å². The van der Waals surface area contributed by atoms with Gasteiger partial charge in [0, 0.05) is 18.6 Å². The number of sulfonamides is 1. The molecular formula is C21H26ClFN2O4S2. The number of likely N-dealkylation sites (N-methyl/N-ethyl adjacent to an activating group) is 1. The van der Waals surface area contributed by atoms with Gasteiger partial charge in [-0.15, -0.1) is 0 Å². The average Bonchev–Trinajstić information content (AvgIpc) is 2.75. The van der Waals surface area contributed by atoms with Crippen molar-refractivity contribution in [1.29, 1.82) is 0 Å². The van der Waals surface area contributed by atoms with Crippen LogP contribution in [0.5, 0.6) is 5.75 Å². The van der Waals surface area contributed by atoms with Crippen molar-refractivity contribution in [1.82, 2.24) is 9.62 Å². The maximum absolute atomic E-state index is 14.0. The summed E-state index contributed by atoms with van der Waals surface area (Å²) < 4.78 is 47.2. The number of hydrogen-bond acceptors (Lipinski definition) is 5. The first-order valence-electron chi connectivity index (χ1n) is 9.63. The Balaban J connectivity index is 1.96. The lowest BCUT2D eigenvalue weighted by Crippen LogP contribution is -2.48. The smallest absolute Gasteiger partial charge is 0.244 e. The second kappa shape index (κ2) is 12.3. The van der Waals surface area contributed by atoms with Crippen molar-refractivity contribution in [2.75, 3.05) is 32.2 Å². The molecule has 0 bridgehead atoms. The second-order valence-corrected chi connectivity index (χ2v) is 9.91. The lowest BCUT2D eigenvalue weighted by atomic mass is 10.2. The Morgan fingerprint density at radius 1 is 1.23 bits per heavy atom. The minimum atomic E-state index is -4.18. The fraction of sp³-hybridized carbons (Fsp3) is 0.381. The number of carbonyl (C=O) groups excluding carboxylic acids is 1. The summed E-state index contributed by atoms with van der Waals surface area (Å²) in [5.74, 6) is 0.0112. The van der Waals surface area contributed by atoms with E-state index >= 15 is 0 Å². The topological polar surface area (TPSA) is 75.7 Å². The molecule has 0 heterocycles. The van der Waals surface area contributed by atoms with Crippen LogP contribution in [0.2, 0.25) is 5.02 Å². The molecule has 6 nitrogen and oxygen atoms in total. The van der Waals surface area contributed by atoms with Gasteiger partial charge in [-0.05, 0) is 61.2 Å². The predicted octanol–water partition coefficient (Wildman–Crippen LogP) is 3.81. The first kappa shape index (κ1) is 25.5. The molecule has 1 unspecified atom stereocenters. The number of carbonyl (C=O) groups is 1. The Morgan fingerprint density at radius 2 is 1.90 bits per heavy atom. The highest BCUT2D eigenvalue weighted by molar-refractivity contribution is 7.98. The maximum atomic E-state index is 14.0. The minimum Gasteiger partial charge on any atom is -0.494 e. The van der Waals surface area contributed by atoms with Gasteiger partial charge in [0.1, 0.15) is 22.5 Å². The van der Waals surface area contributed by atoms with E-state index in [1.54, 1.807) is 31.3 Å². The molecule has 0 saturated heterocycles. The molecule has 1 atom stereocenters. The quantitative estimate of drug-likeness (QED) is 0.460. The van der Waals surface area contributed by atoms with Gasteiger partial charge in [-0.1, -0.05) is 23.7 Å². The third kappa shape index (κ3) is 7.99. The van der Waals surface area contributed by atoms with Crippen molar-refractivity contribution in [3.63, 3.8) is 0 Å². The van der Waals surface area contributed by atoms with Crippen molar-refractivity contribution in [2.24, 2.45) is 0 Å². The SMILES string of the molecule is CSCCC(NS(=O)(=O)c1ccccc1F)C(=O)N(C)CCCOc1ccc(Cl)cc1. The number of nitrogens with zero attached hydrogens (tertiary/aromatic N) is 1. The number of halogens is 2. The molecule has 0 aliphatic carbocycles. The van der Waals surface area contributed by atoms with Crippen LogP contribution < -0.4 is 9.46 Å². The van der Waals surface area contributed by atoms with Crippen LogP contribution in [-0.4, -0.2) is 57.5 Å². The molecule has 1 N–H and O–H groups in total. The summed E-state index contributed by atoms with van der Waals surface area (Å²) in [5.41, 5.74) is 0. The van der Waals surface area contributed by atoms with Crippen molar-refractivity contribution in [2.45, 2.75) is 23.8 Å². The highest BCUT2D eigenvalue weighted by Crippen LogP contribution is 2.17. The lowest BCUT2D eigenvalue weighted by molar-refractivity contribution is -0.131. The number of rotatable bonds is 12. The summed E-state index contributed by atoms with van der Waals surface area (Å²) in [6.45, 7) is 0.763. The van der Waals surface area contributed by atoms with Crippen LogP contribution in [-0.2, 0) is 14.8 Å². The molecule has 10 heteroatoms. The zero-order valence-electron chi connectivity index (χ0n) is 17.4. The van der Waals surface area contributed by atoms with Crippen LogP contribution >= 0.6 is 23.4 Å². The highest BCUT2D eigenvalue weighted by Gasteiger charge is 2.29. The monoisotopic (exact) mass is 488 g/mol. The van der Waals surface area contributed by atoms with E-state index in [9.17, 15) is 17.6 Å². The van der Waals surface area contributed by atoms with Crippen LogP contribution in [0, 0.1) is 5.82 Å². The molecule has 0 saturated carbocycles. The first-order chi connectivity index (χ1) is 14.7. The molecule has 0 aliphatic rings.